The first kappa shape index (κ1) is 30.8. The molecule has 40 heavy (non-hydrogen) atoms. The average Bonchev–Trinajstić information content (AvgIpc) is 2.89. The van der Waals surface area contributed by atoms with Crippen LogP contribution < -0.4 is 9.62 Å². The van der Waals surface area contributed by atoms with Crippen molar-refractivity contribution >= 4 is 27.5 Å². The van der Waals surface area contributed by atoms with Crippen LogP contribution in [0.15, 0.2) is 72.8 Å². The van der Waals surface area contributed by atoms with Crippen LogP contribution in [0.1, 0.15) is 36.1 Å². The molecule has 7 nitrogen and oxygen atoms in total. The fourth-order valence-corrected chi connectivity index (χ4v) is 5.50. The van der Waals surface area contributed by atoms with Crippen molar-refractivity contribution in [3.63, 3.8) is 0 Å². The average molecular weight is 568 g/mol. The van der Waals surface area contributed by atoms with E-state index in [9.17, 15) is 22.4 Å². The summed E-state index contributed by atoms with van der Waals surface area (Å²) in [5.74, 6) is -1.12. The number of halogens is 1. The molecule has 1 N–H and O–H groups in total. The molecule has 0 saturated heterocycles. The monoisotopic (exact) mass is 567 g/mol. The zero-order valence-electron chi connectivity index (χ0n) is 23.7. The number of anilines is 1. The third-order valence-corrected chi connectivity index (χ3v) is 7.70. The van der Waals surface area contributed by atoms with Gasteiger partial charge in [-0.15, -0.1) is 0 Å². The Morgan fingerprint density at radius 1 is 0.875 bits per heavy atom. The van der Waals surface area contributed by atoms with E-state index in [4.69, 9.17) is 0 Å². The summed E-state index contributed by atoms with van der Waals surface area (Å²) < 4.78 is 40.8. The zero-order valence-corrected chi connectivity index (χ0v) is 24.5. The lowest BCUT2D eigenvalue weighted by Crippen LogP contribution is -2.53. The molecule has 1 atom stereocenters. The molecule has 0 spiro atoms. The van der Waals surface area contributed by atoms with Crippen LogP contribution in [0.3, 0.4) is 0 Å². The van der Waals surface area contributed by atoms with E-state index < -0.39 is 34.3 Å². The molecule has 3 aromatic carbocycles. The minimum atomic E-state index is -3.86. The van der Waals surface area contributed by atoms with Gasteiger partial charge in [0.15, 0.2) is 0 Å². The quantitative estimate of drug-likeness (QED) is 0.346. The highest BCUT2D eigenvalue weighted by atomic mass is 32.2. The number of hydrogen-bond acceptors (Lipinski definition) is 4. The lowest BCUT2D eigenvalue weighted by atomic mass is 10.0. The molecule has 0 bridgehead atoms. The molecule has 0 aliphatic carbocycles. The van der Waals surface area contributed by atoms with Crippen molar-refractivity contribution in [2.24, 2.45) is 5.92 Å². The summed E-state index contributed by atoms with van der Waals surface area (Å²) in [5.41, 5.74) is 3.31. The Hall–Kier alpha value is -3.72. The van der Waals surface area contributed by atoms with Gasteiger partial charge in [-0.3, -0.25) is 13.9 Å². The lowest BCUT2D eigenvalue weighted by Gasteiger charge is -2.34. The molecule has 3 aromatic rings. The first-order chi connectivity index (χ1) is 18.9. The van der Waals surface area contributed by atoms with E-state index in [0.29, 0.717) is 28.9 Å². The molecule has 0 aromatic heterocycles. The molecule has 0 heterocycles. The van der Waals surface area contributed by atoms with Gasteiger partial charge in [0, 0.05) is 19.5 Å². The highest BCUT2D eigenvalue weighted by molar-refractivity contribution is 7.92. The van der Waals surface area contributed by atoms with Crippen LogP contribution in [-0.2, 0) is 32.6 Å². The number of aryl methyl sites for hydroxylation is 2. The molecule has 0 unspecified atom stereocenters. The highest BCUT2D eigenvalue weighted by Gasteiger charge is 2.33. The van der Waals surface area contributed by atoms with E-state index in [0.717, 1.165) is 16.1 Å². The number of nitrogens with one attached hydrogen (secondary N) is 1. The number of amides is 2. The molecule has 3 rings (SSSR count). The predicted molar refractivity (Wildman–Crippen MR) is 157 cm³/mol. The number of carbonyl (C=O) groups is 2. The summed E-state index contributed by atoms with van der Waals surface area (Å²) >= 11 is 0. The second-order valence-electron chi connectivity index (χ2n) is 10.5. The maximum absolute atomic E-state index is 14.1. The standard InChI is InChI=1S/C31H38FN3O4S/c1-22(2)19-33-31(37)28(18-25-12-7-6-8-13-25)34(20-26-14-16-27(32)17-15-26)29(36)21-35(40(5,38)39)30-23(3)10-9-11-24(30)4/h6-17,22,28H,18-21H2,1-5H3,(H,33,37)/t28-/m0/s1. The van der Waals surface area contributed by atoms with Crippen LogP contribution in [0.4, 0.5) is 10.1 Å². The molecule has 0 radical (unpaired) electrons. The van der Waals surface area contributed by atoms with Gasteiger partial charge < -0.3 is 10.2 Å². The van der Waals surface area contributed by atoms with Crippen molar-refractivity contribution in [1.82, 2.24) is 10.2 Å². The minimum absolute atomic E-state index is 0.00390. The van der Waals surface area contributed by atoms with E-state index in [2.05, 4.69) is 5.32 Å². The molecule has 0 saturated carbocycles. The van der Waals surface area contributed by atoms with Crippen LogP contribution in [0.25, 0.3) is 0 Å². The number of carbonyl (C=O) groups excluding carboxylic acids is 2. The number of nitrogens with zero attached hydrogens (tertiary/aromatic N) is 2. The van der Waals surface area contributed by atoms with Gasteiger partial charge in [-0.05, 0) is 54.2 Å². The SMILES string of the molecule is Cc1cccc(C)c1N(CC(=O)N(Cc1ccc(F)cc1)[C@@H](Cc1ccccc1)C(=O)NCC(C)C)S(C)(=O)=O. The molecular formula is C31H38FN3O4S. The Bertz CT molecular complexity index is 1390. The Labute approximate surface area is 237 Å². The van der Waals surface area contributed by atoms with Crippen LogP contribution >= 0.6 is 0 Å². The summed E-state index contributed by atoms with van der Waals surface area (Å²) in [5, 5.41) is 2.94. The topological polar surface area (TPSA) is 86.8 Å². The minimum Gasteiger partial charge on any atom is -0.354 e. The fraction of sp³-hybridized carbons (Fsp3) is 0.355. The smallest absolute Gasteiger partial charge is 0.244 e. The second-order valence-corrected chi connectivity index (χ2v) is 12.4. The first-order valence-electron chi connectivity index (χ1n) is 13.3. The fourth-order valence-electron chi connectivity index (χ4n) is 4.54. The van der Waals surface area contributed by atoms with Gasteiger partial charge in [-0.1, -0.05) is 74.5 Å². The molecule has 0 aliphatic heterocycles. The number of hydrogen-bond donors (Lipinski definition) is 1. The van der Waals surface area contributed by atoms with E-state index in [-0.39, 0.29) is 24.8 Å². The molecule has 214 valence electrons. The maximum Gasteiger partial charge on any atom is 0.244 e. The molecule has 0 fully saturated rings. The molecule has 2 amide bonds. The Morgan fingerprint density at radius 2 is 1.48 bits per heavy atom. The van der Waals surface area contributed by atoms with Crippen LogP contribution in [0.5, 0.6) is 0 Å². The van der Waals surface area contributed by atoms with Gasteiger partial charge >= 0.3 is 0 Å². The summed E-state index contributed by atoms with van der Waals surface area (Å²) in [4.78, 5) is 29.1. The van der Waals surface area contributed by atoms with Crippen molar-refractivity contribution in [3.05, 3.63) is 101 Å². The third-order valence-electron chi connectivity index (χ3n) is 6.59. The summed E-state index contributed by atoms with van der Waals surface area (Å²) in [6.45, 7) is 7.45. The van der Waals surface area contributed by atoms with Crippen molar-refractivity contribution in [3.8, 4) is 0 Å². The van der Waals surface area contributed by atoms with Gasteiger partial charge in [-0.2, -0.15) is 0 Å². The molecule has 9 heteroatoms. The molecule has 0 aliphatic rings. The number of benzene rings is 3. The van der Waals surface area contributed by atoms with E-state index in [1.807, 2.05) is 50.2 Å². The highest BCUT2D eigenvalue weighted by Crippen LogP contribution is 2.27. The number of para-hydroxylation sites is 1. The van der Waals surface area contributed by atoms with E-state index in [1.165, 1.54) is 17.0 Å². The number of sulfonamides is 1. The van der Waals surface area contributed by atoms with Gasteiger partial charge in [0.05, 0.1) is 11.9 Å². The van der Waals surface area contributed by atoms with Gasteiger partial charge in [0.2, 0.25) is 21.8 Å². The Balaban J connectivity index is 2.07. The zero-order chi connectivity index (χ0) is 29.4. The Kier molecular flexibility index (Phi) is 10.5. The van der Waals surface area contributed by atoms with Gasteiger partial charge in [0.25, 0.3) is 0 Å². The predicted octanol–water partition coefficient (Wildman–Crippen LogP) is 4.62. The largest absolute Gasteiger partial charge is 0.354 e. The maximum atomic E-state index is 14.1. The van der Waals surface area contributed by atoms with Crippen molar-refractivity contribution in [1.29, 1.82) is 0 Å². The number of rotatable bonds is 12. The van der Waals surface area contributed by atoms with Crippen LogP contribution in [0.2, 0.25) is 0 Å². The summed E-state index contributed by atoms with van der Waals surface area (Å²) in [6, 6.07) is 19.5. The van der Waals surface area contributed by atoms with E-state index in [1.54, 1.807) is 38.1 Å². The van der Waals surface area contributed by atoms with Crippen molar-refractivity contribution < 1.29 is 22.4 Å². The van der Waals surface area contributed by atoms with Gasteiger partial charge in [-0.25, -0.2) is 12.8 Å². The second kappa shape index (κ2) is 13.6. The summed E-state index contributed by atoms with van der Waals surface area (Å²) in [6.07, 6.45) is 1.28. The van der Waals surface area contributed by atoms with Gasteiger partial charge in [0.1, 0.15) is 18.4 Å². The van der Waals surface area contributed by atoms with Crippen molar-refractivity contribution in [2.45, 2.75) is 46.7 Å². The van der Waals surface area contributed by atoms with E-state index >= 15 is 0 Å². The third kappa shape index (κ3) is 8.39. The Morgan fingerprint density at radius 3 is 2.02 bits per heavy atom. The van der Waals surface area contributed by atoms with Crippen LogP contribution in [0, 0.1) is 25.6 Å². The molecular weight excluding hydrogens is 529 g/mol. The normalized spacial score (nSPS) is 12.2. The lowest BCUT2D eigenvalue weighted by molar-refractivity contribution is -0.140. The van der Waals surface area contributed by atoms with Crippen molar-refractivity contribution in [2.75, 3.05) is 23.7 Å². The summed E-state index contributed by atoms with van der Waals surface area (Å²) in [7, 11) is -3.86. The van der Waals surface area contributed by atoms with Crippen LogP contribution in [-0.4, -0.2) is 50.5 Å². The first-order valence-corrected chi connectivity index (χ1v) is 15.1.